The van der Waals surface area contributed by atoms with E-state index in [-0.39, 0.29) is 35.0 Å². The van der Waals surface area contributed by atoms with Gasteiger partial charge in [0.1, 0.15) is 11.5 Å². The molecule has 1 aliphatic carbocycles. The van der Waals surface area contributed by atoms with Crippen LogP contribution in [-0.4, -0.2) is 53.0 Å². The predicted octanol–water partition coefficient (Wildman–Crippen LogP) is 2.72. The number of piperazine rings is 1. The van der Waals surface area contributed by atoms with Crippen LogP contribution in [0.1, 0.15) is 34.5 Å². The summed E-state index contributed by atoms with van der Waals surface area (Å²) in [4.78, 5) is 35.0. The zero-order valence-corrected chi connectivity index (χ0v) is 18.3. The quantitative estimate of drug-likeness (QED) is 0.621. The van der Waals surface area contributed by atoms with E-state index in [1.165, 1.54) is 12.1 Å². The van der Waals surface area contributed by atoms with Crippen LogP contribution in [0, 0.1) is 18.6 Å². The molecule has 2 aromatic heterocycles. The zero-order valence-electron chi connectivity index (χ0n) is 18.3. The second kappa shape index (κ2) is 8.55. The summed E-state index contributed by atoms with van der Waals surface area (Å²) in [5.41, 5.74) is 1.39. The Hall–Kier alpha value is -3.33. The molecule has 172 valence electrons. The minimum atomic E-state index is -0.588. The van der Waals surface area contributed by atoms with Crippen molar-refractivity contribution in [2.75, 3.05) is 31.1 Å². The number of carbonyl (C=O) groups excluding carboxylic acids is 1. The Morgan fingerprint density at radius 3 is 2.61 bits per heavy atom. The lowest BCUT2D eigenvalue weighted by atomic mass is 10.1. The SMILES string of the molecule is Cc1cc2c(F)cc(CN3CCN(c4ccc(C(=O)NC5CC5)nc4)CC3)c(F)c2[nH]c1=O. The number of benzene rings is 1. The topological polar surface area (TPSA) is 81.3 Å². The first-order valence-corrected chi connectivity index (χ1v) is 11.1. The molecule has 2 aliphatic rings. The molecule has 1 saturated carbocycles. The van der Waals surface area contributed by atoms with E-state index in [9.17, 15) is 14.0 Å². The second-order valence-corrected chi connectivity index (χ2v) is 8.81. The van der Waals surface area contributed by atoms with Crippen LogP contribution in [0.25, 0.3) is 10.9 Å². The number of H-pyrrole nitrogens is 1. The number of pyridine rings is 2. The van der Waals surface area contributed by atoms with Crippen molar-refractivity contribution < 1.29 is 13.6 Å². The van der Waals surface area contributed by atoms with Crippen molar-refractivity contribution in [2.45, 2.75) is 32.4 Å². The number of hydrogen-bond acceptors (Lipinski definition) is 5. The molecule has 0 bridgehead atoms. The number of nitrogens with zero attached hydrogens (tertiary/aromatic N) is 3. The molecular formula is C24H25F2N5O2. The van der Waals surface area contributed by atoms with Gasteiger partial charge < -0.3 is 15.2 Å². The van der Waals surface area contributed by atoms with Crippen LogP contribution in [-0.2, 0) is 6.54 Å². The van der Waals surface area contributed by atoms with E-state index in [4.69, 9.17) is 0 Å². The van der Waals surface area contributed by atoms with Gasteiger partial charge in [-0.3, -0.25) is 14.5 Å². The Kier molecular flexibility index (Phi) is 5.57. The molecule has 0 unspecified atom stereocenters. The lowest BCUT2D eigenvalue weighted by molar-refractivity contribution is 0.0946. The maximum absolute atomic E-state index is 15.0. The van der Waals surface area contributed by atoms with Crippen molar-refractivity contribution >= 4 is 22.5 Å². The molecule has 2 N–H and O–H groups in total. The van der Waals surface area contributed by atoms with Crippen LogP contribution < -0.4 is 15.8 Å². The summed E-state index contributed by atoms with van der Waals surface area (Å²) in [7, 11) is 0. The minimum absolute atomic E-state index is 0.0833. The number of hydrogen-bond donors (Lipinski definition) is 2. The fourth-order valence-corrected chi connectivity index (χ4v) is 4.16. The van der Waals surface area contributed by atoms with Gasteiger partial charge in [-0.05, 0) is 44.0 Å². The lowest BCUT2D eigenvalue weighted by Crippen LogP contribution is -2.46. The highest BCUT2D eigenvalue weighted by Crippen LogP contribution is 2.25. The molecule has 1 aliphatic heterocycles. The number of halogens is 2. The molecule has 3 aromatic rings. The molecule has 3 heterocycles. The number of anilines is 1. The summed E-state index contributed by atoms with van der Waals surface area (Å²) in [6.45, 7) is 4.53. The highest BCUT2D eigenvalue weighted by Gasteiger charge is 2.25. The monoisotopic (exact) mass is 453 g/mol. The Morgan fingerprint density at radius 1 is 1.18 bits per heavy atom. The molecular weight excluding hydrogens is 428 g/mol. The van der Waals surface area contributed by atoms with Crippen LogP contribution in [0.4, 0.5) is 14.5 Å². The number of nitrogens with one attached hydrogen (secondary N) is 2. The summed E-state index contributed by atoms with van der Waals surface area (Å²) in [5, 5.41) is 3.01. The number of carbonyl (C=O) groups is 1. The van der Waals surface area contributed by atoms with Gasteiger partial charge in [0.15, 0.2) is 5.82 Å². The molecule has 0 atom stereocenters. The Bertz CT molecular complexity index is 1260. The van der Waals surface area contributed by atoms with Crippen molar-refractivity contribution in [2.24, 2.45) is 0 Å². The predicted molar refractivity (Wildman–Crippen MR) is 121 cm³/mol. The summed E-state index contributed by atoms with van der Waals surface area (Å²) in [6.07, 6.45) is 3.76. The highest BCUT2D eigenvalue weighted by atomic mass is 19.1. The molecule has 2 fully saturated rings. The van der Waals surface area contributed by atoms with Gasteiger partial charge in [-0.15, -0.1) is 0 Å². The molecule has 1 saturated heterocycles. The third-order valence-electron chi connectivity index (χ3n) is 6.31. The minimum Gasteiger partial charge on any atom is -0.368 e. The van der Waals surface area contributed by atoms with Crippen LogP contribution in [0.15, 0.2) is 35.3 Å². The number of rotatable bonds is 5. The van der Waals surface area contributed by atoms with Crippen molar-refractivity contribution in [1.82, 2.24) is 20.2 Å². The van der Waals surface area contributed by atoms with E-state index in [0.717, 1.165) is 18.5 Å². The summed E-state index contributed by atoms with van der Waals surface area (Å²) in [5.74, 6) is -1.28. The summed E-state index contributed by atoms with van der Waals surface area (Å²) >= 11 is 0. The van der Waals surface area contributed by atoms with Crippen LogP contribution >= 0.6 is 0 Å². The molecule has 33 heavy (non-hydrogen) atoms. The fraction of sp³-hybridized carbons (Fsp3) is 0.375. The first kappa shape index (κ1) is 21.5. The van der Waals surface area contributed by atoms with Gasteiger partial charge in [0.25, 0.3) is 11.5 Å². The van der Waals surface area contributed by atoms with Crippen LogP contribution in [0.2, 0.25) is 0 Å². The number of aryl methyl sites for hydroxylation is 1. The average Bonchev–Trinajstić information content (AvgIpc) is 3.63. The van der Waals surface area contributed by atoms with Crippen molar-refractivity contribution in [3.05, 3.63) is 69.3 Å². The Balaban J connectivity index is 1.24. The Morgan fingerprint density at radius 2 is 1.94 bits per heavy atom. The molecule has 0 spiro atoms. The van der Waals surface area contributed by atoms with Gasteiger partial charge in [-0.1, -0.05) is 0 Å². The number of aromatic nitrogens is 2. The molecule has 9 heteroatoms. The van der Waals surface area contributed by atoms with Gasteiger partial charge in [-0.25, -0.2) is 13.8 Å². The van der Waals surface area contributed by atoms with Gasteiger partial charge in [0.2, 0.25) is 0 Å². The normalized spacial score (nSPS) is 16.9. The second-order valence-electron chi connectivity index (χ2n) is 8.81. The summed E-state index contributed by atoms with van der Waals surface area (Å²) in [6, 6.07) is 6.51. The van der Waals surface area contributed by atoms with Gasteiger partial charge in [-0.2, -0.15) is 0 Å². The van der Waals surface area contributed by atoms with E-state index in [0.29, 0.717) is 37.4 Å². The maximum atomic E-state index is 15.0. The van der Waals surface area contributed by atoms with E-state index in [1.807, 2.05) is 6.07 Å². The van der Waals surface area contributed by atoms with E-state index < -0.39 is 17.2 Å². The summed E-state index contributed by atoms with van der Waals surface area (Å²) < 4.78 is 29.6. The van der Waals surface area contributed by atoms with Gasteiger partial charge in [0, 0.05) is 55.3 Å². The highest BCUT2D eigenvalue weighted by molar-refractivity contribution is 5.92. The molecule has 7 nitrogen and oxygen atoms in total. The van der Waals surface area contributed by atoms with Crippen molar-refractivity contribution in [1.29, 1.82) is 0 Å². The maximum Gasteiger partial charge on any atom is 0.270 e. The van der Waals surface area contributed by atoms with Crippen molar-refractivity contribution in [3.8, 4) is 0 Å². The van der Waals surface area contributed by atoms with Gasteiger partial charge in [0.05, 0.1) is 17.4 Å². The van der Waals surface area contributed by atoms with E-state index >= 15 is 4.39 Å². The Labute approximate surface area is 189 Å². The first-order chi connectivity index (χ1) is 15.9. The molecule has 5 rings (SSSR count). The molecule has 1 aromatic carbocycles. The fourth-order valence-electron chi connectivity index (χ4n) is 4.16. The average molecular weight is 453 g/mol. The number of amides is 1. The third-order valence-corrected chi connectivity index (χ3v) is 6.31. The zero-order chi connectivity index (χ0) is 23.1. The smallest absolute Gasteiger partial charge is 0.270 e. The number of aromatic amines is 1. The van der Waals surface area contributed by atoms with Crippen molar-refractivity contribution in [3.63, 3.8) is 0 Å². The number of fused-ring (bicyclic) bond motifs is 1. The van der Waals surface area contributed by atoms with E-state index in [2.05, 4.69) is 25.1 Å². The van der Waals surface area contributed by atoms with Gasteiger partial charge >= 0.3 is 0 Å². The molecule has 1 amide bonds. The van der Waals surface area contributed by atoms with E-state index in [1.54, 1.807) is 19.2 Å². The first-order valence-electron chi connectivity index (χ1n) is 11.1. The van der Waals surface area contributed by atoms with Crippen LogP contribution in [0.5, 0.6) is 0 Å². The molecule has 0 radical (unpaired) electrons. The standard InChI is InChI=1S/C24H25F2N5O2/c1-14-10-18-19(25)11-15(21(26)22(18)29-23(14)32)13-30-6-8-31(9-7-30)17-4-5-20(27-12-17)24(33)28-16-2-3-16/h4-5,10-12,16H,2-3,6-9,13H2,1H3,(H,28,33)(H,29,32). The lowest BCUT2D eigenvalue weighted by Gasteiger charge is -2.36. The third kappa shape index (κ3) is 4.45. The van der Waals surface area contributed by atoms with Crippen LogP contribution in [0.3, 0.4) is 0 Å². The largest absolute Gasteiger partial charge is 0.368 e.